The predicted molar refractivity (Wildman–Crippen MR) is 85.5 cm³/mol. The standard InChI is InChI=1S/C17H19N3O3/c1-12(13-6-8-18-9-7-13)20-17(21)19-10-14-11-22-15-4-2-3-5-16(15)23-14/h2-9,12,14H,10-11H2,1H3,(H2,19,20,21)/t12-,14+/m0/s1. The summed E-state index contributed by atoms with van der Waals surface area (Å²) in [6.07, 6.45) is 3.21. The maximum absolute atomic E-state index is 12.0. The zero-order valence-corrected chi connectivity index (χ0v) is 12.9. The zero-order valence-electron chi connectivity index (χ0n) is 12.9. The first-order chi connectivity index (χ1) is 11.2. The van der Waals surface area contributed by atoms with E-state index in [4.69, 9.17) is 9.47 Å². The van der Waals surface area contributed by atoms with Crippen LogP contribution in [-0.4, -0.2) is 30.3 Å². The third-order valence-electron chi connectivity index (χ3n) is 3.61. The Bertz CT molecular complexity index is 663. The Labute approximate surface area is 134 Å². The highest BCUT2D eigenvalue weighted by Gasteiger charge is 2.21. The second-order valence-electron chi connectivity index (χ2n) is 5.35. The highest BCUT2D eigenvalue weighted by Crippen LogP contribution is 2.30. The van der Waals surface area contributed by atoms with Gasteiger partial charge in [-0.25, -0.2) is 4.79 Å². The van der Waals surface area contributed by atoms with Gasteiger partial charge in [-0.3, -0.25) is 4.98 Å². The average molecular weight is 313 g/mol. The summed E-state index contributed by atoms with van der Waals surface area (Å²) in [5.41, 5.74) is 1.00. The Kier molecular flexibility index (Phi) is 4.61. The fraction of sp³-hybridized carbons (Fsp3) is 0.294. The molecule has 0 spiro atoms. The molecule has 2 amide bonds. The van der Waals surface area contributed by atoms with E-state index in [1.54, 1.807) is 12.4 Å². The Hall–Kier alpha value is -2.76. The van der Waals surface area contributed by atoms with Gasteiger partial charge in [0.15, 0.2) is 17.6 Å². The summed E-state index contributed by atoms with van der Waals surface area (Å²) in [6.45, 7) is 2.71. The number of carbonyl (C=O) groups is 1. The van der Waals surface area contributed by atoms with Crippen molar-refractivity contribution in [2.24, 2.45) is 0 Å². The third-order valence-corrected chi connectivity index (χ3v) is 3.61. The number of nitrogens with one attached hydrogen (secondary N) is 2. The minimum Gasteiger partial charge on any atom is -0.486 e. The molecular weight excluding hydrogens is 294 g/mol. The first-order valence-electron chi connectivity index (χ1n) is 7.55. The number of nitrogens with zero attached hydrogens (tertiary/aromatic N) is 1. The second-order valence-corrected chi connectivity index (χ2v) is 5.35. The molecule has 0 aliphatic carbocycles. The molecule has 1 aromatic heterocycles. The molecule has 0 bridgehead atoms. The van der Waals surface area contributed by atoms with Crippen molar-refractivity contribution in [1.29, 1.82) is 0 Å². The van der Waals surface area contributed by atoms with Crippen molar-refractivity contribution in [1.82, 2.24) is 15.6 Å². The van der Waals surface area contributed by atoms with Gasteiger partial charge in [-0.1, -0.05) is 12.1 Å². The number of hydrogen-bond acceptors (Lipinski definition) is 4. The molecule has 1 aromatic carbocycles. The van der Waals surface area contributed by atoms with Crippen LogP contribution >= 0.6 is 0 Å². The summed E-state index contributed by atoms with van der Waals surface area (Å²) in [6, 6.07) is 10.9. The van der Waals surface area contributed by atoms with Crippen LogP contribution in [0.15, 0.2) is 48.8 Å². The molecule has 23 heavy (non-hydrogen) atoms. The molecule has 2 aromatic rings. The number of hydrogen-bond donors (Lipinski definition) is 2. The van der Waals surface area contributed by atoms with E-state index in [2.05, 4.69) is 15.6 Å². The molecule has 1 aliphatic rings. The van der Waals surface area contributed by atoms with E-state index in [1.165, 1.54) is 0 Å². The molecule has 0 saturated heterocycles. The summed E-state index contributed by atoms with van der Waals surface area (Å²) >= 11 is 0. The van der Waals surface area contributed by atoms with Crippen LogP contribution in [-0.2, 0) is 0 Å². The number of urea groups is 1. The van der Waals surface area contributed by atoms with Gasteiger partial charge < -0.3 is 20.1 Å². The Morgan fingerprint density at radius 3 is 2.78 bits per heavy atom. The average Bonchev–Trinajstić information content (AvgIpc) is 2.60. The van der Waals surface area contributed by atoms with Crippen molar-refractivity contribution >= 4 is 6.03 Å². The predicted octanol–water partition coefficient (Wildman–Crippen LogP) is 2.28. The monoisotopic (exact) mass is 313 g/mol. The van der Waals surface area contributed by atoms with E-state index >= 15 is 0 Å². The van der Waals surface area contributed by atoms with Gasteiger partial charge >= 0.3 is 6.03 Å². The largest absolute Gasteiger partial charge is 0.486 e. The number of carbonyl (C=O) groups excluding carboxylic acids is 1. The summed E-state index contributed by atoms with van der Waals surface area (Å²) in [5.74, 6) is 1.44. The minimum absolute atomic E-state index is 0.0951. The third kappa shape index (κ3) is 3.91. The molecule has 0 radical (unpaired) electrons. The second kappa shape index (κ2) is 7.00. The molecule has 3 rings (SSSR count). The van der Waals surface area contributed by atoms with Gasteiger partial charge in [0.25, 0.3) is 0 Å². The van der Waals surface area contributed by atoms with Gasteiger partial charge in [-0.05, 0) is 36.8 Å². The minimum atomic E-state index is -0.239. The number of para-hydroxylation sites is 2. The van der Waals surface area contributed by atoms with Crippen molar-refractivity contribution in [3.63, 3.8) is 0 Å². The van der Waals surface area contributed by atoms with Crippen molar-refractivity contribution in [3.05, 3.63) is 54.4 Å². The van der Waals surface area contributed by atoms with Gasteiger partial charge in [0.1, 0.15) is 6.61 Å². The van der Waals surface area contributed by atoms with Crippen molar-refractivity contribution in [2.45, 2.75) is 19.1 Å². The van der Waals surface area contributed by atoms with E-state index in [0.29, 0.717) is 18.9 Å². The summed E-state index contributed by atoms with van der Waals surface area (Å²) in [4.78, 5) is 15.9. The molecule has 0 saturated carbocycles. The maximum atomic E-state index is 12.0. The molecule has 2 atom stereocenters. The van der Waals surface area contributed by atoms with E-state index in [1.807, 2.05) is 43.3 Å². The molecule has 1 aliphatic heterocycles. The molecule has 120 valence electrons. The molecule has 6 nitrogen and oxygen atoms in total. The fourth-order valence-electron chi connectivity index (χ4n) is 2.35. The van der Waals surface area contributed by atoms with Crippen LogP contribution in [0.4, 0.5) is 4.79 Å². The Morgan fingerprint density at radius 1 is 1.26 bits per heavy atom. The van der Waals surface area contributed by atoms with Crippen LogP contribution < -0.4 is 20.1 Å². The molecular formula is C17H19N3O3. The topological polar surface area (TPSA) is 72.5 Å². The lowest BCUT2D eigenvalue weighted by molar-refractivity contribution is 0.0917. The van der Waals surface area contributed by atoms with E-state index in [0.717, 1.165) is 11.3 Å². The summed E-state index contributed by atoms with van der Waals surface area (Å²) in [7, 11) is 0. The number of amides is 2. The van der Waals surface area contributed by atoms with E-state index in [-0.39, 0.29) is 18.2 Å². The van der Waals surface area contributed by atoms with E-state index in [9.17, 15) is 4.79 Å². The van der Waals surface area contributed by atoms with E-state index < -0.39 is 0 Å². The van der Waals surface area contributed by atoms with Crippen molar-refractivity contribution in [3.8, 4) is 11.5 Å². The van der Waals surface area contributed by atoms with Gasteiger partial charge in [0.2, 0.25) is 0 Å². The lowest BCUT2D eigenvalue weighted by Gasteiger charge is -2.26. The van der Waals surface area contributed by atoms with Crippen LogP contribution in [0.1, 0.15) is 18.5 Å². The number of benzene rings is 1. The first-order valence-corrected chi connectivity index (χ1v) is 7.55. The molecule has 0 fully saturated rings. The quantitative estimate of drug-likeness (QED) is 0.908. The number of fused-ring (bicyclic) bond motifs is 1. The zero-order chi connectivity index (χ0) is 16.1. The SMILES string of the molecule is C[C@H](NC(=O)NC[C@@H]1COc2ccccc2O1)c1ccncc1. The van der Waals surface area contributed by atoms with Gasteiger partial charge in [-0.2, -0.15) is 0 Å². The maximum Gasteiger partial charge on any atom is 0.315 e. The van der Waals surface area contributed by atoms with Crippen molar-refractivity contribution in [2.75, 3.05) is 13.2 Å². The smallest absolute Gasteiger partial charge is 0.315 e. The number of aromatic nitrogens is 1. The highest BCUT2D eigenvalue weighted by atomic mass is 16.6. The number of pyridine rings is 1. The number of ether oxygens (including phenoxy) is 2. The van der Waals surface area contributed by atoms with Crippen molar-refractivity contribution < 1.29 is 14.3 Å². The normalized spacial score (nSPS) is 17.2. The molecule has 2 N–H and O–H groups in total. The van der Waals surface area contributed by atoms with Gasteiger partial charge in [-0.15, -0.1) is 0 Å². The van der Waals surface area contributed by atoms with Crippen LogP contribution in [0.25, 0.3) is 0 Å². The van der Waals surface area contributed by atoms with Gasteiger partial charge in [0, 0.05) is 12.4 Å². The van der Waals surface area contributed by atoms with Gasteiger partial charge in [0.05, 0.1) is 12.6 Å². The lowest BCUT2D eigenvalue weighted by atomic mass is 10.1. The van der Waals surface area contributed by atoms with Crippen LogP contribution in [0.2, 0.25) is 0 Å². The molecule has 6 heteroatoms. The summed E-state index contributed by atoms with van der Waals surface area (Å²) < 4.78 is 11.4. The number of rotatable bonds is 4. The Balaban J connectivity index is 1.47. The van der Waals surface area contributed by atoms with Crippen LogP contribution in [0, 0.1) is 0 Å². The highest BCUT2D eigenvalue weighted by molar-refractivity contribution is 5.74. The Morgan fingerprint density at radius 2 is 2.00 bits per heavy atom. The fourth-order valence-corrected chi connectivity index (χ4v) is 2.35. The first kappa shape index (κ1) is 15.1. The molecule has 2 heterocycles. The summed E-state index contributed by atoms with van der Waals surface area (Å²) in [5, 5.41) is 5.69. The van der Waals surface area contributed by atoms with Crippen LogP contribution in [0.3, 0.4) is 0 Å². The van der Waals surface area contributed by atoms with Crippen LogP contribution in [0.5, 0.6) is 11.5 Å². The molecule has 0 unspecified atom stereocenters. The lowest BCUT2D eigenvalue weighted by Crippen LogP contribution is -2.45.